The number of aliphatic hydroxyl groups is 1. The maximum absolute atomic E-state index is 11.9. The molecule has 1 fully saturated rings. The van der Waals surface area contributed by atoms with Crippen LogP contribution in [-0.2, 0) is 0 Å². The number of aliphatic hydroxyl groups excluding tert-OH is 1. The zero-order valence-corrected chi connectivity index (χ0v) is 11.9. The van der Waals surface area contributed by atoms with Gasteiger partial charge in [0.25, 0.3) is 0 Å². The minimum Gasteiger partial charge on any atom is -0.396 e. The van der Waals surface area contributed by atoms with Crippen molar-refractivity contribution in [2.45, 2.75) is 32.2 Å². The number of carbonyl (C=O) groups is 1. The summed E-state index contributed by atoms with van der Waals surface area (Å²) in [6.45, 7) is 4.04. The van der Waals surface area contributed by atoms with Crippen LogP contribution in [-0.4, -0.2) is 36.9 Å². The molecule has 20 heavy (non-hydrogen) atoms. The zero-order chi connectivity index (χ0) is 14.4. The molecule has 1 aromatic rings. The molecule has 2 amide bonds. The molecule has 1 aliphatic rings. The number of benzene rings is 1. The molecular formula is C15H23N3O2. The van der Waals surface area contributed by atoms with Crippen LogP contribution in [0.3, 0.4) is 0 Å². The van der Waals surface area contributed by atoms with Gasteiger partial charge >= 0.3 is 6.03 Å². The Balaban J connectivity index is 1.99. The number of hydrogen-bond donors (Lipinski definition) is 3. The molecule has 1 aromatic carbocycles. The Morgan fingerprint density at radius 2 is 2.05 bits per heavy atom. The first kappa shape index (κ1) is 14.7. The predicted molar refractivity (Wildman–Crippen MR) is 81.2 cm³/mol. The van der Waals surface area contributed by atoms with Crippen LogP contribution < -0.4 is 15.5 Å². The Bertz CT molecular complexity index is 444. The fourth-order valence-electron chi connectivity index (χ4n) is 2.46. The number of nitrogens with one attached hydrogen (secondary N) is 2. The fourth-order valence-corrected chi connectivity index (χ4v) is 2.46. The Hall–Kier alpha value is -1.75. The number of amides is 2. The average Bonchev–Trinajstić information content (AvgIpc) is 2.93. The van der Waals surface area contributed by atoms with E-state index in [2.05, 4.69) is 15.5 Å². The van der Waals surface area contributed by atoms with Crippen LogP contribution in [0.4, 0.5) is 16.2 Å². The lowest BCUT2D eigenvalue weighted by Gasteiger charge is -2.22. The monoisotopic (exact) mass is 277 g/mol. The molecule has 0 aromatic heterocycles. The van der Waals surface area contributed by atoms with Gasteiger partial charge in [-0.2, -0.15) is 0 Å². The number of hydrogen-bond acceptors (Lipinski definition) is 3. The van der Waals surface area contributed by atoms with E-state index in [0.717, 1.165) is 24.5 Å². The van der Waals surface area contributed by atoms with Crippen LogP contribution in [0, 0.1) is 0 Å². The summed E-state index contributed by atoms with van der Waals surface area (Å²) in [4.78, 5) is 14.2. The Morgan fingerprint density at radius 1 is 1.35 bits per heavy atom. The molecule has 3 N–H and O–H groups in total. The summed E-state index contributed by atoms with van der Waals surface area (Å²) in [5.41, 5.74) is 1.91. The summed E-state index contributed by atoms with van der Waals surface area (Å²) in [5, 5.41) is 14.6. The molecule has 0 saturated carbocycles. The lowest BCUT2D eigenvalue weighted by atomic mass is 10.2. The molecule has 5 nitrogen and oxygen atoms in total. The molecule has 0 spiro atoms. The molecule has 1 atom stereocenters. The zero-order valence-electron chi connectivity index (χ0n) is 11.9. The molecule has 1 heterocycles. The first-order chi connectivity index (χ1) is 9.70. The van der Waals surface area contributed by atoms with Gasteiger partial charge in [-0.1, -0.05) is 12.1 Å². The number of rotatable bonds is 5. The molecule has 110 valence electrons. The van der Waals surface area contributed by atoms with Crippen LogP contribution >= 0.6 is 0 Å². The van der Waals surface area contributed by atoms with Gasteiger partial charge in [0.05, 0.1) is 11.4 Å². The van der Waals surface area contributed by atoms with Gasteiger partial charge in [-0.15, -0.1) is 0 Å². The second kappa shape index (κ2) is 7.14. The molecule has 2 rings (SSSR count). The highest BCUT2D eigenvalue weighted by molar-refractivity contribution is 5.93. The standard InChI is InChI=1S/C15H23N3O2/c1-12(8-11-19)16-15(20)17-13-6-2-3-7-14(13)18-9-4-5-10-18/h2-3,6-7,12,19H,4-5,8-11H2,1H3,(H2,16,17,20)/t12-/m1/s1. The van der Waals surface area contributed by atoms with Gasteiger partial charge in [0.2, 0.25) is 0 Å². The van der Waals surface area contributed by atoms with E-state index in [1.165, 1.54) is 12.8 Å². The Morgan fingerprint density at radius 3 is 2.75 bits per heavy atom. The van der Waals surface area contributed by atoms with Gasteiger partial charge in [-0.3, -0.25) is 0 Å². The first-order valence-corrected chi connectivity index (χ1v) is 7.23. The number of anilines is 2. The summed E-state index contributed by atoms with van der Waals surface area (Å²) in [5.74, 6) is 0. The van der Waals surface area contributed by atoms with Gasteiger partial charge in [-0.05, 0) is 38.3 Å². The van der Waals surface area contributed by atoms with Crippen molar-refractivity contribution in [3.63, 3.8) is 0 Å². The molecule has 5 heteroatoms. The minimum absolute atomic E-state index is 0.0426. The van der Waals surface area contributed by atoms with Crippen molar-refractivity contribution < 1.29 is 9.90 Å². The van der Waals surface area contributed by atoms with Crippen molar-refractivity contribution >= 4 is 17.4 Å². The smallest absolute Gasteiger partial charge is 0.319 e. The number of para-hydroxylation sites is 2. The predicted octanol–water partition coefficient (Wildman–Crippen LogP) is 2.18. The summed E-state index contributed by atoms with van der Waals surface area (Å²) < 4.78 is 0. The second-order valence-electron chi connectivity index (χ2n) is 5.22. The highest BCUT2D eigenvalue weighted by atomic mass is 16.3. The third-order valence-electron chi connectivity index (χ3n) is 3.54. The first-order valence-electron chi connectivity index (χ1n) is 7.23. The number of nitrogens with zero attached hydrogens (tertiary/aromatic N) is 1. The minimum atomic E-state index is -0.224. The third kappa shape index (κ3) is 3.87. The third-order valence-corrected chi connectivity index (χ3v) is 3.54. The van der Waals surface area contributed by atoms with Gasteiger partial charge < -0.3 is 20.6 Å². The van der Waals surface area contributed by atoms with Crippen LogP contribution in [0.1, 0.15) is 26.2 Å². The molecular weight excluding hydrogens is 254 g/mol. The van der Waals surface area contributed by atoms with E-state index in [9.17, 15) is 4.79 Å². The van der Waals surface area contributed by atoms with Gasteiger partial charge in [0.15, 0.2) is 0 Å². The van der Waals surface area contributed by atoms with E-state index in [0.29, 0.717) is 6.42 Å². The molecule has 0 unspecified atom stereocenters. The Labute approximate surface area is 120 Å². The summed E-state index contributed by atoms with van der Waals surface area (Å²) >= 11 is 0. The van der Waals surface area contributed by atoms with E-state index in [4.69, 9.17) is 5.11 Å². The van der Waals surface area contributed by atoms with Crippen molar-refractivity contribution in [1.29, 1.82) is 0 Å². The van der Waals surface area contributed by atoms with Crippen molar-refractivity contribution in [2.75, 3.05) is 29.9 Å². The molecule has 0 bridgehead atoms. The van der Waals surface area contributed by atoms with Gasteiger partial charge in [0.1, 0.15) is 0 Å². The fraction of sp³-hybridized carbons (Fsp3) is 0.533. The van der Waals surface area contributed by atoms with E-state index in [1.807, 2.05) is 31.2 Å². The van der Waals surface area contributed by atoms with E-state index in [1.54, 1.807) is 0 Å². The maximum atomic E-state index is 11.9. The molecule has 0 radical (unpaired) electrons. The number of carbonyl (C=O) groups excluding carboxylic acids is 1. The molecule has 0 aliphatic carbocycles. The normalized spacial score (nSPS) is 16.0. The van der Waals surface area contributed by atoms with Crippen LogP contribution in [0.5, 0.6) is 0 Å². The van der Waals surface area contributed by atoms with E-state index in [-0.39, 0.29) is 18.7 Å². The van der Waals surface area contributed by atoms with Crippen molar-refractivity contribution in [2.24, 2.45) is 0 Å². The molecule has 1 aliphatic heterocycles. The Kier molecular flexibility index (Phi) is 5.24. The average molecular weight is 277 g/mol. The second-order valence-corrected chi connectivity index (χ2v) is 5.22. The topological polar surface area (TPSA) is 64.6 Å². The van der Waals surface area contributed by atoms with Crippen molar-refractivity contribution in [3.05, 3.63) is 24.3 Å². The SMILES string of the molecule is C[C@H](CCO)NC(=O)Nc1ccccc1N1CCCC1. The lowest BCUT2D eigenvalue weighted by molar-refractivity contribution is 0.241. The van der Waals surface area contributed by atoms with Crippen molar-refractivity contribution in [1.82, 2.24) is 5.32 Å². The summed E-state index contributed by atoms with van der Waals surface area (Å²) in [7, 11) is 0. The van der Waals surface area contributed by atoms with E-state index >= 15 is 0 Å². The lowest BCUT2D eigenvalue weighted by Crippen LogP contribution is -2.37. The number of urea groups is 1. The summed E-state index contributed by atoms with van der Waals surface area (Å²) in [6, 6.07) is 7.61. The largest absolute Gasteiger partial charge is 0.396 e. The van der Waals surface area contributed by atoms with Crippen LogP contribution in [0.2, 0.25) is 0 Å². The maximum Gasteiger partial charge on any atom is 0.319 e. The van der Waals surface area contributed by atoms with Crippen LogP contribution in [0.25, 0.3) is 0 Å². The quantitative estimate of drug-likeness (QED) is 0.773. The molecule has 1 saturated heterocycles. The highest BCUT2D eigenvalue weighted by Crippen LogP contribution is 2.28. The van der Waals surface area contributed by atoms with Gasteiger partial charge in [-0.25, -0.2) is 4.79 Å². The summed E-state index contributed by atoms with van der Waals surface area (Å²) in [6.07, 6.45) is 2.96. The highest BCUT2D eigenvalue weighted by Gasteiger charge is 2.16. The van der Waals surface area contributed by atoms with Gasteiger partial charge in [0, 0.05) is 25.7 Å². The van der Waals surface area contributed by atoms with E-state index < -0.39 is 0 Å². The van der Waals surface area contributed by atoms with Crippen molar-refractivity contribution in [3.8, 4) is 0 Å². The van der Waals surface area contributed by atoms with Crippen LogP contribution in [0.15, 0.2) is 24.3 Å².